The highest BCUT2D eigenvalue weighted by Gasteiger charge is 2.30. The topological polar surface area (TPSA) is 90.2 Å². The normalized spacial score (nSPS) is 17.1. The van der Waals surface area contributed by atoms with E-state index in [0.29, 0.717) is 21.3 Å². The van der Waals surface area contributed by atoms with Crippen LogP contribution >= 0.6 is 35.0 Å². The van der Waals surface area contributed by atoms with Gasteiger partial charge in [0.05, 0.1) is 26.2 Å². The molecule has 0 unspecified atom stereocenters. The van der Waals surface area contributed by atoms with Crippen LogP contribution in [0.3, 0.4) is 0 Å². The van der Waals surface area contributed by atoms with Crippen molar-refractivity contribution in [3.05, 3.63) is 62.5 Å². The van der Waals surface area contributed by atoms with Crippen molar-refractivity contribution in [2.24, 2.45) is 4.99 Å². The van der Waals surface area contributed by atoms with Gasteiger partial charge in [0.15, 0.2) is 10.9 Å². The zero-order valence-electron chi connectivity index (χ0n) is 13.8. The van der Waals surface area contributed by atoms with E-state index >= 15 is 0 Å². The SMILES string of the molecule is CN1C(=O)C(=Cc2cc(Cl)c(O)c(Cl)c2)SC1=Nc1cccc(C(=O)O)c1. The number of halogens is 2. The molecule has 2 N–H and O–H groups in total. The van der Waals surface area contributed by atoms with Crippen molar-refractivity contribution in [1.29, 1.82) is 0 Å². The van der Waals surface area contributed by atoms with Crippen molar-refractivity contribution in [2.75, 3.05) is 7.05 Å². The van der Waals surface area contributed by atoms with Gasteiger partial charge in [-0.05, 0) is 53.7 Å². The maximum Gasteiger partial charge on any atom is 0.335 e. The predicted octanol–water partition coefficient (Wildman–Crippen LogP) is 4.63. The van der Waals surface area contributed by atoms with Gasteiger partial charge in [0, 0.05) is 7.05 Å². The maximum atomic E-state index is 12.5. The van der Waals surface area contributed by atoms with Crippen LogP contribution in [0.5, 0.6) is 5.75 Å². The highest BCUT2D eigenvalue weighted by molar-refractivity contribution is 8.18. The van der Waals surface area contributed by atoms with Gasteiger partial charge in [0.25, 0.3) is 5.91 Å². The lowest BCUT2D eigenvalue weighted by atomic mass is 10.2. The van der Waals surface area contributed by atoms with Gasteiger partial charge in [-0.25, -0.2) is 9.79 Å². The minimum atomic E-state index is -1.05. The number of amidine groups is 1. The quantitative estimate of drug-likeness (QED) is 0.703. The molecule has 0 aromatic heterocycles. The molecule has 138 valence electrons. The van der Waals surface area contributed by atoms with Crippen molar-refractivity contribution >= 4 is 63.8 Å². The molecule has 1 saturated heterocycles. The molecule has 2 aromatic carbocycles. The summed E-state index contributed by atoms with van der Waals surface area (Å²) in [5, 5.41) is 19.3. The molecule has 0 bridgehead atoms. The zero-order valence-corrected chi connectivity index (χ0v) is 16.1. The number of amides is 1. The van der Waals surface area contributed by atoms with Crippen LogP contribution in [-0.2, 0) is 4.79 Å². The molecule has 2 aromatic rings. The highest BCUT2D eigenvalue weighted by atomic mass is 35.5. The Bertz CT molecular complexity index is 997. The molecule has 1 aliphatic rings. The van der Waals surface area contributed by atoms with E-state index in [4.69, 9.17) is 28.3 Å². The number of hydrogen-bond donors (Lipinski definition) is 2. The Hall–Kier alpha value is -2.48. The van der Waals surface area contributed by atoms with E-state index in [1.54, 1.807) is 25.3 Å². The molecule has 0 spiro atoms. The number of rotatable bonds is 3. The number of aromatic hydroxyl groups is 1. The monoisotopic (exact) mass is 422 g/mol. The Kier molecular flexibility index (Phi) is 5.46. The molecule has 27 heavy (non-hydrogen) atoms. The molecule has 0 aliphatic carbocycles. The number of likely N-dealkylation sites (N-methyl/N-ethyl adjacent to an activating group) is 1. The Morgan fingerprint density at radius 1 is 1.22 bits per heavy atom. The number of carbonyl (C=O) groups excluding carboxylic acids is 1. The molecular weight excluding hydrogens is 411 g/mol. The van der Waals surface area contributed by atoms with Gasteiger partial charge >= 0.3 is 5.97 Å². The first-order valence-corrected chi connectivity index (χ1v) is 9.11. The Morgan fingerprint density at radius 2 is 1.89 bits per heavy atom. The van der Waals surface area contributed by atoms with Gasteiger partial charge in [0.1, 0.15) is 0 Å². The second-order valence-electron chi connectivity index (χ2n) is 5.56. The van der Waals surface area contributed by atoms with E-state index in [2.05, 4.69) is 4.99 Å². The summed E-state index contributed by atoms with van der Waals surface area (Å²) in [7, 11) is 1.58. The van der Waals surface area contributed by atoms with Crippen LogP contribution < -0.4 is 0 Å². The van der Waals surface area contributed by atoms with E-state index in [1.165, 1.54) is 29.2 Å². The number of hydrogen-bond acceptors (Lipinski definition) is 5. The summed E-state index contributed by atoms with van der Waals surface area (Å²) in [5.74, 6) is -1.54. The number of benzene rings is 2. The number of carbonyl (C=O) groups is 2. The molecule has 0 atom stereocenters. The molecule has 1 aliphatic heterocycles. The van der Waals surface area contributed by atoms with Crippen molar-refractivity contribution < 1.29 is 19.8 Å². The first-order valence-electron chi connectivity index (χ1n) is 7.54. The molecular formula is C18H12Cl2N2O4S. The lowest BCUT2D eigenvalue weighted by Crippen LogP contribution is -2.23. The maximum absolute atomic E-state index is 12.5. The van der Waals surface area contributed by atoms with Crippen molar-refractivity contribution in [3.8, 4) is 5.75 Å². The average molecular weight is 423 g/mol. The number of carboxylic acid groups (broad SMARTS) is 1. The number of carboxylic acids is 1. The number of aliphatic imine (C=N–C) groups is 1. The van der Waals surface area contributed by atoms with Crippen LogP contribution in [0.25, 0.3) is 6.08 Å². The minimum Gasteiger partial charge on any atom is -0.505 e. The Balaban J connectivity index is 1.93. The summed E-state index contributed by atoms with van der Waals surface area (Å²) >= 11 is 13.0. The molecule has 3 rings (SSSR count). The van der Waals surface area contributed by atoms with E-state index < -0.39 is 5.97 Å². The third kappa shape index (κ3) is 4.10. The average Bonchev–Trinajstić information content (AvgIpc) is 2.88. The fourth-order valence-corrected chi connectivity index (χ4v) is 3.78. The third-order valence-corrected chi connectivity index (χ3v) is 5.29. The van der Waals surface area contributed by atoms with Crippen LogP contribution in [0.1, 0.15) is 15.9 Å². The van der Waals surface area contributed by atoms with Crippen molar-refractivity contribution in [3.63, 3.8) is 0 Å². The predicted molar refractivity (Wildman–Crippen MR) is 107 cm³/mol. The first kappa shape index (κ1) is 19.3. The minimum absolute atomic E-state index is 0.0810. The van der Waals surface area contributed by atoms with Crippen molar-refractivity contribution in [2.45, 2.75) is 0 Å². The van der Waals surface area contributed by atoms with E-state index in [-0.39, 0.29) is 27.3 Å². The van der Waals surface area contributed by atoms with Gasteiger partial charge in [0.2, 0.25) is 0 Å². The van der Waals surface area contributed by atoms with Crippen LogP contribution in [0.2, 0.25) is 10.0 Å². The number of phenols is 1. The second-order valence-corrected chi connectivity index (χ2v) is 7.38. The summed E-state index contributed by atoms with van der Waals surface area (Å²) in [4.78, 5) is 29.7. The third-order valence-electron chi connectivity index (χ3n) is 3.66. The van der Waals surface area contributed by atoms with Gasteiger partial charge in [-0.15, -0.1) is 0 Å². The number of aromatic carboxylic acids is 1. The summed E-state index contributed by atoms with van der Waals surface area (Å²) in [6.45, 7) is 0. The standard InChI is InChI=1S/C18H12Cl2N2O4S/c1-22-16(24)14(7-9-5-12(19)15(23)13(20)6-9)27-18(22)21-11-4-2-3-10(8-11)17(25)26/h2-8,23H,1H3,(H,25,26). The lowest BCUT2D eigenvalue weighted by Gasteiger charge is -2.07. The smallest absolute Gasteiger partial charge is 0.335 e. The molecule has 9 heteroatoms. The molecule has 1 fully saturated rings. The molecule has 1 heterocycles. The lowest BCUT2D eigenvalue weighted by molar-refractivity contribution is -0.121. The first-order chi connectivity index (χ1) is 12.8. The summed E-state index contributed by atoms with van der Waals surface area (Å²) < 4.78 is 0. The molecule has 0 saturated carbocycles. The van der Waals surface area contributed by atoms with E-state index in [0.717, 1.165) is 11.8 Å². The van der Waals surface area contributed by atoms with Gasteiger partial charge in [-0.2, -0.15) is 0 Å². The number of nitrogens with zero attached hydrogens (tertiary/aromatic N) is 2. The Labute approximate surface area is 168 Å². The van der Waals surface area contributed by atoms with Crippen molar-refractivity contribution in [1.82, 2.24) is 4.90 Å². The zero-order chi connectivity index (χ0) is 19.7. The van der Waals surface area contributed by atoms with Gasteiger partial charge in [-0.3, -0.25) is 9.69 Å². The molecule has 0 radical (unpaired) electrons. The van der Waals surface area contributed by atoms with Gasteiger partial charge < -0.3 is 10.2 Å². The van der Waals surface area contributed by atoms with Gasteiger partial charge in [-0.1, -0.05) is 29.3 Å². The van der Waals surface area contributed by atoms with Crippen LogP contribution in [0.15, 0.2) is 46.3 Å². The number of thioether (sulfide) groups is 1. The fourth-order valence-electron chi connectivity index (χ4n) is 2.29. The highest BCUT2D eigenvalue weighted by Crippen LogP contribution is 2.37. The van der Waals surface area contributed by atoms with Crippen LogP contribution in [-0.4, -0.2) is 39.2 Å². The largest absolute Gasteiger partial charge is 0.505 e. The summed E-state index contributed by atoms with van der Waals surface area (Å²) in [6.07, 6.45) is 1.59. The summed E-state index contributed by atoms with van der Waals surface area (Å²) in [6, 6.07) is 9.12. The number of phenolic OH excluding ortho intramolecular Hbond substituents is 1. The van der Waals surface area contributed by atoms with E-state index in [9.17, 15) is 14.7 Å². The molecule has 6 nitrogen and oxygen atoms in total. The van der Waals surface area contributed by atoms with E-state index in [1.807, 2.05) is 0 Å². The second kappa shape index (κ2) is 7.64. The van der Waals surface area contributed by atoms with Crippen LogP contribution in [0.4, 0.5) is 5.69 Å². The Morgan fingerprint density at radius 3 is 2.52 bits per heavy atom. The summed E-state index contributed by atoms with van der Waals surface area (Å²) in [5.41, 5.74) is 1.09. The fraction of sp³-hybridized carbons (Fsp3) is 0.0556. The van der Waals surface area contributed by atoms with Crippen LogP contribution in [0, 0.1) is 0 Å². The molecule has 1 amide bonds.